The zero-order valence-electron chi connectivity index (χ0n) is 14.9. The first-order valence-corrected chi connectivity index (χ1v) is 11.3. The number of piperidine rings is 1. The van der Waals surface area contributed by atoms with Crippen LogP contribution in [0.3, 0.4) is 0 Å². The summed E-state index contributed by atoms with van der Waals surface area (Å²) in [6.45, 7) is 7.84. The number of nitrogens with zero attached hydrogens (tertiary/aromatic N) is 1. The molecule has 0 spiro atoms. The van der Waals surface area contributed by atoms with Crippen molar-refractivity contribution < 1.29 is 13.2 Å². The maximum atomic E-state index is 12.2. The van der Waals surface area contributed by atoms with Gasteiger partial charge in [0.2, 0.25) is 5.91 Å². The second kappa shape index (κ2) is 9.14. The Bertz CT molecular complexity index is 683. The van der Waals surface area contributed by atoms with E-state index in [1.165, 1.54) is 6.42 Å². The van der Waals surface area contributed by atoms with Crippen LogP contribution in [0.5, 0.6) is 0 Å². The summed E-state index contributed by atoms with van der Waals surface area (Å²) in [5.74, 6) is 0.330. The molecular formula is C18H27BrN2O3S. The van der Waals surface area contributed by atoms with Crippen LogP contribution in [0.4, 0.5) is 0 Å². The van der Waals surface area contributed by atoms with E-state index in [-0.39, 0.29) is 5.75 Å². The van der Waals surface area contributed by atoms with Crippen molar-refractivity contribution in [3.63, 3.8) is 0 Å². The minimum Gasteiger partial charge on any atom is -0.354 e. The molecule has 0 aliphatic carbocycles. The fraction of sp³-hybridized carbons (Fsp3) is 0.611. The van der Waals surface area contributed by atoms with Gasteiger partial charge in [-0.1, -0.05) is 41.9 Å². The lowest BCUT2D eigenvalue weighted by molar-refractivity contribution is -0.118. The van der Waals surface area contributed by atoms with E-state index in [2.05, 4.69) is 40.0 Å². The highest BCUT2D eigenvalue weighted by molar-refractivity contribution is 9.10. The predicted molar refractivity (Wildman–Crippen MR) is 104 cm³/mol. The summed E-state index contributed by atoms with van der Waals surface area (Å²) >= 11 is 3.32. The van der Waals surface area contributed by atoms with Gasteiger partial charge in [0, 0.05) is 30.7 Å². The third kappa shape index (κ3) is 7.46. The number of nitrogens with one attached hydrogen (secondary N) is 1. The maximum absolute atomic E-state index is 12.2. The van der Waals surface area contributed by atoms with Crippen molar-refractivity contribution in [3.05, 3.63) is 34.3 Å². The van der Waals surface area contributed by atoms with Gasteiger partial charge < -0.3 is 10.2 Å². The van der Waals surface area contributed by atoms with Crippen molar-refractivity contribution in [2.45, 2.75) is 26.0 Å². The van der Waals surface area contributed by atoms with Crippen molar-refractivity contribution in [2.75, 3.05) is 31.9 Å². The lowest BCUT2D eigenvalue weighted by atomic mass is 9.92. The molecule has 1 aliphatic rings. The van der Waals surface area contributed by atoms with Crippen LogP contribution in [0.1, 0.15) is 25.8 Å². The number of hydrogen-bond donors (Lipinski definition) is 1. The molecule has 2 atom stereocenters. The number of carbonyl (C=O) groups is 1. The van der Waals surface area contributed by atoms with E-state index in [9.17, 15) is 13.2 Å². The maximum Gasteiger partial charge on any atom is 0.235 e. The molecule has 0 radical (unpaired) electrons. The van der Waals surface area contributed by atoms with Crippen molar-refractivity contribution in [2.24, 2.45) is 11.8 Å². The standard InChI is InChI=1S/C18H27BrN2O3S/c1-14-8-15(2)11-21(10-14)7-6-20-18(22)13-25(23,24)12-16-4-3-5-17(19)9-16/h3-5,9,14-15H,6-8,10-13H2,1-2H3,(H,20,22). The van der Waals surface area contributed by atoms with Crippen molar-refractivity contribution in [1.29, 1.82) is 0 Å². The van der Waals surface area contributed by atoms with Crippen LogP contribution >= 0.6 is 15.9 Å². The van der Waals surface area contributed by atoms with Gasteiger partial charge in [-0.15, -0.1) is 0 Å². The van der Waals surface area contributed by atoms with Crippen LogP contribution in [0.25, 0.3) is 0 Å². The number of rotatable bonds is 7. The van der Waals surface area contributed by atoms with Crippen LogP contribution in [0, 0.1) is 11.8 Å². The number of benzene rings is 1. The number of amides is 1. The summed E-state index contributed by atoms with van der Waals surface area (Å²) < 4.78 is 25.2. The van der Waals surface area contributed by atoms with Gasteiger partial charge in [0.05, 0.1) is 5.75 Å². The molecule has 25 heavy (non-hydrogen) atoms. The minimum absolute atomic E-state index is 0.124. The van der Waals surface area contributed by atoms with Crippen LogP contribution in [0.15, 0.2) is 28.7 Å². The average molecular weight is 431 g/mol. The summed E-state index contributed by atoms with van der Waals surface area (Å²) in [5.41, 5.74) is 0.679. The molecule has 1 heterocycles. The van der Waals surface area contributed by atoms with Gasteiger partial charge >= 0.3 is 0 Å². The molecule has 1 aliphatic heterocycles. The lowest BCUT2D eigenvalue weighted by Gasteiger charge is -2.34. The molecule has 140 valence electrons. The third-order valence-electron chi connectivity index (χ3n) is 4.32. The molecule has 5 nitrogen and oxygen atoms in total. The molecule has 2 unspecified atom stereocenters. The number of hydrogen-bond acceptors (Lipinski definition) is 4. The Labute approximate surface area is 159 Å². The number of sulfone groups is 1. The Morgan fingerprint density at radius 3 is 2.60 bits per heavy atom. The fourth-order valence-corrected chi connectivity index (χ4v) is 5.25. The van der Waals surface area contributed by atoms with Gasteiger partial charge in [-0.25, -0.2) is 8.42 Å². The van der Waals surface area contributed by atoms with E-state index in [4.69, 9.17) is 0 Å². The third-order valence-corrected chi connectivity index (χ3v) is 6.29. The van der Waals surface area contributed by atoms with Crippen LogP contribution in [-0.4, -0.2) is 51.2 Å². The average Bonchev–Trinajstić information content (AvgIpc) is 2.44. The van der Waals surface area contributed by atoms with Crippen molar-refractivity contribution >= 4 is 31.7 Å². The van der Waals surface area contributed by atoms with E-state index in [1.54, 1.807) is 18.2 Å². The molecule has 1 aromatic carbocycles. The van der Waals surface area contributed by atoms with E-state index in [0.29, 0.717) is 23.9 Å². The highest BCUT2D eigenvalue weighted by Gasteiger charge is 2.22. The highest BCUT2D eigenvalue weighted by Crippen LogP contribution is 2.20. The van der Waals surface area contributed by atoms with Crippen LogP contribution in [-0.2, 0) is 20.4 Å². The first-order valence-electron chi connectivity index (χ1n) is 8.67. The molecule has 0 aromatic heterocycles. The predicted octanol–water partition coefficient (Wildman–Crippen LogP) is 2.46. The van der Waals surface area contributed by atoms with Crippen molar-refractivity contribution in [1.82, 2.24) is 10.2 Å². The van der Waals surface area contributed by atoms with Gasteiger partial charge in [-0.05, 0) is 36.0 Å². The molecule has 2 rings (SSSR count). The van der Waals surface area contributed by atoms with Crippen LogP contribution < -0.4 is 5.32 Å². The SMILES string of the molecule is CC1CC(C)CN(CCNC(=O)CS(=O)(=O)Cc2cccc(Br)c2)C1. The molecule has 1 aromatic rings. The van der Waals surface area contributed by atoms with E-state index < -0.39 is 21.5 Å². The van der Waals surface area contributed by atoms with Gasteiger partial charge in [0.15, 0.2) is 9.84 Å². The highest BCUT2D eigenvalue weighted by atomic mass is 79.9. The van der Waals surface area contributed by atoms with E-state index in [1.807, 2.05) is 6.07 Å². The van der Waals surface area contributed by atoms with Crippen LogP contribution in [0.2, 0.25) is 0 Å². The van der Waals surface area contributed by atoms with E-state index >= 15 is 0 Å². The number of carbonyl (C=O) groups excluding carboxylic acids is 1. The normalized spacial score (nSPS) is 21.9. The molecule has 0 saturated carbocycles. The molecule has 1 fully saturated rings. The first-order chi connectivity index (χ1) is 11.7. The Balaban J connectivity index is 1.75. The van der Waals surface area contributed by atoms with Crippen molar-refractivity contribution in [3.8, 4) is 0 Å². The molecule has 1 N–H and O–H groups in total. The Morgan fingerprint density at radius 2 is 1.96 bits per heavy atom. The molecular weight excluding hydrogens is 404 g/mol. The van der Waals surface area contributed by atoms with Gasteiger partial charge in [0.1, 0.15) is 5.75 Å². The molecule has 7 heteroatoms. The van der Waals surface area contributed by atoms with Gasteiger partial charge in [-0.3, -0.25) is 4.79 Å². The first kappa shape index (κ1) is 20.4. The molecule has 1 amide bonds. The summed E-state index contributed by atoms with van der Waals surface area (Å²) in [6, 6.07) is 7.13. The summed E-state index contributed by atoms with van der Waals surface area (Å²) in [7, 11) is -3.47. The Morgan fingerprint density at radius 1 is 1.28 bits per heavy atom. The number of halogens is 1. The zero-order valence-corrected chi connectivity index (χ0v) is 17.3. The van der Waals surface area contributed by atoms with Gasteiger partial charge in [0.25, 0.3) is 0 Å². The van der Waals surface area contributed by atoms with E-state index in [0.717, 1.165) is 24.1 Å². The topological polar surface area (TPSA) is 66.5 Å². The minimum atomic E-state index is -3.47. The quantitative estimate of drug-likeness (QED) is 0.721. The summed E-state index contributed by atoms with van der Waals surface area (Å²) in [6.07, 6.45) is 1.25. The number of likely N-dealkylation sites (tertiary alicyclic amines) is 1. The smallest absolute Gasteiger partial charge is 0.235 e. The fourth-order valence-electron chi connectivity index (χ4n) is 3.51. The molecule has 1 saturated heterocycles. The largest absolute Gasteiger partial charge is 0.354 e. The summed E-state index contributed by atoms with van der Waals surface area (Å²) in [5, 5.41) is 2.74. The second-order valence-electron chi connectivity index (χ2n) is 7.22. The van der Waals surface area contributed by atoms with Gasteiger partial charge in [-0.2, -0.15) is 0 Å². The second-order valence-corrected chi connectivity index (χ2v) is 10.2. The monoisotopic (exact) mass is 430 g/mol. The lowest BCUT2D eigenvalue weighted by Crippen LogP contribution is -2.43. The zero-order chi connectivity index (χ0) is 18.4. The summed E-state index contributed by atoms with van der Waals surface area (Å²) in [4.78, 5) is 14.3. The molecule has 0 bridgehead atoms. The Hall–Kier alpha value is -0.920. The Kier molecular flexibility index (Phi) is 7.46.